The minimum atomic E-state index is -1.17. The molecule has 0 radical (unpaired) electrons. The molecule has 0 saturated carbocycles. The molecule has 0 saturated heterocycles. The first kappa shape index (κ1) is 12.7. The van der Waals surface area contributed by atoms with Gasteiger partial charge in [-0.25, -0.2) is 4.79 Å². The lowest BCUT2D eigenvalue weighted by molar-refractivity contribution is -0.133. The first-order valence-corrected chi connectivity index (χ1v) is 5.08. The van der Waals surface area contributed by atoms with E-state index in [4.69, 9.17) is 5.11 Å². The second-order valence-electron chi connectivity index (χ2n) is 3.23. The van der Waals surface area contributed by atoms with Gasteiger partial charge in [0.15, 0.2) is 0 Å². The normalized spacial score (nSPS) is 11.5. The van der Waals surface area contributed by atoms with Crippen LogP contribution in [-0.2, 0) is 4.79 Å². The number of nitrogens with one attached hydrogen (secondary N) is 1. The summed E-state index contributed by atoms with van der Waals surface area (Å²) in [7, 11) is 0. The monoisotopic (exact) mass is 231 g/mol. The number of carbonyl (C=O) groups excluding carboxylic acids is 1. The van der Waals surface area contributed by atoms with Crippen molar-refractivity contribution in [3.05, 3.63) is 59.8 Å². The maximum Gasteiger partial charge on any atom is 0.352 e. The third-order valence-corrected chi connectivity index (χ3v) is 1.97. The van der Waals surface area contributed by atoms with Gasteiger partial charge in [0.05, 0.1) is 0 Å². The SMILES string of the molecule is C/C=C/C=C(/NC(=O)c1ccccc1)C(=O)O. The first-order chi connectivity index (χ1) is 8.15. The first-order valence-electron chi connectivity index (χ1n) is 5.08. The number of rotatable bonds is 4. The Morgan fingerprint density at radius 2 is 1.88 bits per heavy atom. The van der Waals surface area contributed by atoms with Crippen LogP contribution in [0.5, 0.6) is 0 Å². The average molecular weight is 231 g/mol. The van der Waals surface area contributed by atoms with Crippen molar-refractivity contribution in [3.8, 4) is 0 Å². The molecule has 2 N–H and O–H groups in total. The summed E-state index contributed by atoms with van der Waals surface area (Å²) in [6.45, 7) is 1.76. The summed E-state index contributed by atoms with van der Waals surface area (Å²) in [6.07, 6.45) is 4.56. The molecule has 0 aliphatic rings. The van der Waals surface area contributed by atoms with Crippen LogP contribution in [0.3, 0.4) is 0 Å². The topological polar surface area (TPSA) is 66.4 Å². The largest absolute Gasteiger partial charge is 0.477 e. The zero-order valence-electron chi connectivity index (χ0n) is 9.38. The Kier molecular flexibility index (Phi) is 4.69. The highest BCUT2D eigenvalue weighted by atomic mass is 16.4. The van der Waals surface area contributed by atoms with Gasteiger partial charge in [-0.1, -0.05) is 30.4 Å². The molecule has 4 heteroatoms. The zero-order valence-corrected chi connectivity index (χ0v) is 9.38. The number of allylic oxidation sites excluding steroid dienone is 3. The molecule has 0 atom stereocenters. The second-order valence-corrected chi connectivity index (χ2v) is 3.23. The van der Waals surface area contributed by atoms with Gasteiger partial charge in [-0.05, 0) is 25.1 Å². The molecule has 0 bridgehead atoms. The van der Waals surface area contributed by atoms with Gasteiger partial charge in [0, 0.05) is 5.56 Å². The Morgan fingerprint density at radius 3 is 2.41 bits per heavy atom. The summed E-state index contributed by atoms with van der Waals surface area (Å²) >= 11 is 0. The predicted molar refractivity (Wildman–Crippen MR) is 64.4 cm³/mol. The zero-order chi connectivity index (χ0) is 12.7. The van der Waals surface area contributed by atoms with Gasteiger partial charge in [0.2, 0.25) is 0 Å². The molecule has 88 valence electrons. The van der Waals surface area contributed by atoms with E-state index in [1.54, 1.807) is 49.4 Å². The van der Waals surface area contributed by atoms with E-state index in [1.807, 2.05) is 0 Å². The Morgan fingerprint density at radius 1 is 1.24 bits per heavy atom. The maximum absolute atomic E-state index is 11.7. The summed E-state index contributed by atoms with van der Waals surface area (Å²) in [5, 5.41) is 11.2. The van der Waals surface area contributed by atoms with Crippen LogP contribution in [0.15, 0.2) is 54.3 Å². The van der Waals surface area contributed by atoms with E-state index < -0.39 is 11.9 Å². The van der Waals surface area contributed by atoms with E-state index in [2.05, 4.69) is 5.32 Å². The van der Waals surface area contributed by atoms with Crippen molar-refractivity contribution in [2.24, 2.45) is 0 Å². The van der Waals surface area contributed by atoms with Crippen molar-refractivity contribution >= 4 is 11.9 Å². The summed E-state index contributed by atoms with van der Waals surface area (Å²) in [5.41, 5.74) is 0.261. The maximum atomic E-state index is 11.7. The van der Waals surface area contributed by atoms with Crippen LogP contribution in [0.2, 0.25) is 0 Å². The van der Waals surface area contributed by atoms with Crippen molar-refractivity contribution in [1.29, 1.82) is 0 Å². The van der Waals surface area contributed by atoms with Crippen molar-refractivity contribution < 1.29 is 14.7 Å². The Hall–Kier alpha value is -2.36. The quantitative estimate of drug-likeness (QED) is 0.615. The van der Waals surface area contributed by atoms with Crippen LogP contribution in [0.1, 0.15) is 17.3 Å². The van der Waals surface area contributed by atoms with E-state index in [0.717, 1.165) is 0 Å². The number of hydrogen-bond donors (Lipinski definition) is 2. The Balaban J connectivity index is 2.82. The molecule has 0 fully saturated rings. The van der Waals surface area contributed by atoms with Gasteiger partial charge in [0.25, 0.3) is 5.91 Å². The summed E-state index contributed by atoms with van der Waals surface area (Å²) < 4.78 is 0. The molecule has 0 aromatic heterocycles. The van der Waals surface area contributed by atoms with Gasteiger partial charge >= 0.3 is 5.97 Å². The molecule has 0 aliphatic heterocycles. The number of hydrogen-bond acceptors (Lipinski definition) is 2. The van der Waals surface area contributed by atoms with Crippen LogP contribution in [0, 0.1) is 0 Å². The third kappa shape index (κ3) is 3.95. The van der Waals surface area contributed by atoms with Crippen molar-refractivity contribution in [2.75, 3.05) is 0 Å². The summed E-state index contributed by atoms with van der Waals surface area (Å²) in [6, 6.07) is 8.44. The van der Waals surface area contributed by atoms with Gasteiger partial charge in [0.1, 0.15) is 5.70 Å². The molecule has 0 unspecified atom stereocenters. The molecule has 0 heterocycles. The Bertz CT molecular complexity index is 461. The van der Waals surface area contributed by atoms with E-state index in [1.165, 1.54) is 6.08 Å². The van der Waals surface area contributed by atoms with E-state index in [-0.39, 0.29) is 5.70 Å². The third-order valence-electron chi connectivity index (χ3n) is 1.97. The highest BCUT2D eigenvalue weighted by molar-refractivity contribution is 6.00. The number of amides is 1. The molecule has 1 rings (SSSR count). The van der Waals surface area contributed by atoms with E-state index >= 15 is 0 Å². The van der Waals surface area contributed by atoms with Crippen molar-refractivity contribution in [2.45, 2.75) is 6.92 Å². The van der Waals surface area contributed by atoms with Gasteiger partial charge in [-0.3, -0.25) is 4.79 Å². The molecule has 4 nitrogen and oxygen atoms in total. The molecule has 0 spiro atoms. The van der Waals surface area contributed by atoms with Crippen LogP contribution in [0.4, 0.5) is 0 Å². The molecule has 0 aliphatic carbocycles. The van der Waals surface area contributed by atoms with E-state index in [0.29, 0.717) is 5.56 Å². The number of carboxylic acids is 1. The molecular formula is C13H13NO3. The lowest BCUT2D eigenvalue weighted by atomic mass is 10.2. The van der Waals surface area contributed by atoms with Crippen LogP contribution in [-0.4, -0.2) is 17.0 Å². The number of benzene rings is 1. The van der Waals surface area contributed by atoms with Crippen LogP contribution < -0.4 is 5.32 Å². The summed E-state index contributed by atoms with van der Waals surface area (Å²) in [5.74, 6) is -1.61. The molecule has 1 aromatic rings. The minimum Gasteiger partial charge on any atom is -0.477 e. The number of aliphatic carboxylic acids is 1. The minimum absolute atomic E-state index is 0.156. The number of carboxylic acid groups (broad SMARTS) is 1. The standard InChI is InChI=1S/C13H13NO3/c1-2-3-9-11(13(16)17)14-12(15)10-7-5-4-6-8-10/h2-9H,1H3,(H,14,15)(H,16,17)/b3-2+,11-9+. The Labute approximate surface area is 99.3 Å². The van der Waals surface area contributed by atoms with Crippen molar-refractivity contribution in [3.63, 3.8) is 0 Å². The van der Waals surface area contributed by atoms with Gasteiger partial charge in [-0.2, -0.15) is 0 Å². The van der Waals surface area contributed by atoms with Gasteiger partial charge < -0.3 is 10.4 Å². The fourth-order valence-electron chi connectivity index (χ4n) is 1.14. The molecule has 1 amide bonds. The predicted octanol–water partition coefficient (Wildman–Crippen LogP) is 1.96. The van der Waals surface area contributed by atoms with Crippen molar-refractivity contribution in [1.82, 2.24) is 5.32 Å². The van der Waals surface area contributed by atoms with Crippen LogP contribution in [0.25, 0.3) is 0 Å². The van der Waals surface area contributed by atoms with Crippen LogP contribution >= 0.6 is 0 Å². The number of carbonyl (C=O) groups is 2. The van der Waals surface area contributed by atoms with Gasteiger partial charge in [-0.15, -0.1) is 0 Å². The molecular weight excluding hydrogens is 218 g/mol. The summed E-state index contributed by atoms with van der Waals surface area (Å²) in [4.78, 5) is 22.5. The average Bonchev–Trinajstić information content (AvgIpc) is 2.35. The fourth-order valence-corrected chi connectivity index (χ4v) is 1.14. The van der Waals surface area contributed by atoms with E-state index in [9.17, 15) is 9.59 Å². The lowest BCUT2D eigenvalue weighted by Crippen LogP contribution is -2.27. The lowest BCUT2D eigenvalue weighted by Gasteiger charge is -2.04. The second kappa shape index (κ2) is 6.27. The highest BCUT2D eigenvalue weighted by Gasteiger charge is 2.11. The molecule has 17 heavy (non-hydrogen) atoms. The highest BCUT2D eigenvalue weighted by Crippen LogP contribution is 2.00. The fraction of sp³-hybridized carbons (Fsp3) is 0.0769. The smallest absolute Gasteiger partial charge is 0.352 e. The molecule has 1 aromatic carbocycles.